The van der Waals surface area contributed by atoms with Gasteiger partial charge in [0, 0.05) is 11.6 Å². The zero-order valence-electron chi connectivity index (χ0n) is 12.3. The van der Waals surface area contributed by atoms with Crippen molar-refractivity contribution in [3.05, 3.63) is 71.3 Å². The fraction of sp³-hybridized carbons (Fsp3) is 0.167. The molecule has 4 heteroatoms. The third-order valence-electron chi connectivity index (χ3n) is 2.89. The van der Waals surface area contributed by atoms with Crippen LogP contribution in [0.15, 0.2) is 48.5 Å². The first-order valence-corrected chi connectivity index (χ1v) is 6.90. The minimum atomic E-state index is -0.874. The van der Waals surface area contributed by atoms with Crippen LogP contribution in [-0.2, 0) is 0 Å². The van der Waals surface area contributed by atoms with Gasteiger partial charge in [-0.15, -0.1) is 0 Å². The summed E-state index contributed by atoms with van der Waals surface area (Å²) in [6.07, 6.45) is 2.81. The number of allylic oxidation sites excluding steroid dienone is 1. The van der Waals surface area contributed by atoms with E-state index in [1.54, 1.807) is 18.2 Å². The van der Waals surface area contributed by atoms with Crippen LogP contribution in [0, 0.1) is 11.6 Å². The van der Waals surface area contributed by atoms with Crippen LogP contribution >= 0.6 is 0 Å². The van der Waals surface area contributed by atoms with E-state index in [1.807, 2.05) is 26.0 Å². The quantitative estimate of drug-likeness (QED) is 0.593. The molecular formula is C18H16F2O2. The van der Waals surface area contributed by atoms with Crippen molar-refractivity contribution in [2.45, 2.75) is 20.0 Å². The van der Waals surface area contributed by atoms with E-state index in [0.29, 0.717) is 17.4 Å². The molecule has 0 amide bonds. The Balaban J connectivity index is 2.23. The summed E-state index contributed by atoms with van der Waals surface area (Å²) in [5.74, 6) is -1.48. The topological polar surface area (TPSA) is 26.3 Å². The first kappa shape index (κ1) is 15.9. The molecule has 2 aromatic carbocycles. The molecule has 2 aromatic rings. The maximum atomic E-state index is 13.6. The van der Waals surface area contributed by atoms with E-state index < -0.39 is 17.4 Å². The molecule has 0 aliphatic heterocycles. The van der Waals surface area contributed by atoms with E-state index in [-0.39, 0.29) is 11.7 Å². The Morgan fingerprint density at radius 3 is 2.55 bits per heavy atom. The molecule has 0 bridgehead atoms. The van der Waals surface area contributed by atoms with Gasteiger partial charge >= 0.3 is 0 Å². The number of carbonyl (C=O) groups excluding carboxylic acids is 1. The van der Waals surface area contributed by atoms with Crippen LogP contribution in [0.25, 0.3) is 6.08 Å². The highest BCUT2D eigenvalue weighted by Crippen LogP contribution is 2.21. The van der Waals surface area contributed by atoms with Gasteiger partial charge in [0.2, 0.25) is 0 Å². The van der Waals surface area contributed by atoms with Crippen LogP contribution < -0.4 is 4.74 Å². The molecule has 0 saturated heterocycles. The molecule has 0 unspecified atom stereocenters. The van der Waals surface area contributed by atoms with Gasteiger partial charge in [0.25, 0.3) is 0 Å². The van der Waals surface area contributed by atoms with E-state index in [2.05, 4.69) is 0 Å². The molecule has 0 aromatic heterocycles. The Morgan fingerprint density at radius 1 is 1.14 bits per heavy atom. The smallest absolute Gasteiger partial charge is 0.188 e. The molecule has 2 rings (SSSR count). The molecule has 0 N–H and O–H groups in total. The van der Waals surface area contributed by atoms with Gasteiger partial charge < -0.3 is 4.74 Å². The molecule has 0 saturated carbocycles. The normalized spacial score (nSPS) is 11.1. The first-order valence-electron chi connectivity index (χ1n) is 6.90. The van der Waals surface area contributed by atoms with Gasteiger partial charge in [-0.1, -0.05) is 18.2 Å². The molecule has 0 heterocycles. The molecule has 114 valence electrons. The van der Waals surface area contributed by atoms with Gasteiger partial charge in [-0.05, 0) is 44.2 Å². The first-order chi connectivity index (χ1) is 10.5. The second-order valence-corrected chi connectivity index (χ2v) is 5.03. The number of carbonyl (C=O) groups is 1. The lowest BCUT2D eigenvalue weighted by Crippen LogP contribution is -2.06. The maximum absolute atomic E-state index is 13.6. The van der Waals surface area contributed by atoms with E-state index >= 15 is 0 Å². The van der Waals surface area contributed by atoms with Gasteiger partial charge in [-0.25, -0.2) is 8.78 Å². The lowest BCUT2D eigenvalue weighted by molar-refractivity contribution is 0.104. The number of para-hydroxylation sites is 1. The largest absolute Gasteiger partial charge is 0.490 e. The highest BCUT2D eigenvalue weighted by molar-refractivity contribution is 6.07. The summed E-state index contributed by atoms with van der Waals surface area (Å²) in [6.45, 7) is 3.80. The molecule has 22 heavy (non-hydrogen) atoms. The summed E-state index contributed by atoms with van der Waals surface area (Å²) < 4.78 is 32.0. The molecule has 0 atom stereocenters. The Bertz CT molecular complexity index is 706. The number of hydrogen-bond acceptors (Lipinski definition) is 2. The predicted molar refractivity (Wildman–Crippen MR) is 81.9 cm³/mol. The minimum Gasteiger partial charge on any atom is -0.490 e. The van der Waals surface area contributed by atoms with Gasteiger partial charge in [0.15, 0.2) is 5.78 Å². The Morgan fingerprint density at radius 2 is 1.86 bits per heavy atom. The lowest BCUT2D eigenvalue weighted by atomic mass is 10.1. The Hall–Kier alpha value is -2.49. The molecule has 0 aliphatic carbocycles. The van der Waals surface area contributed by atoms with Crippen LogP contribution in [0.3, 0.4) is 0 Å². The maximum Gasteiger partial charge on any atom is 0.188 e. The zero-order chi connectivity index (χ0) is 16.1. The molecule has 0 spiro atoms. The highest BCUT2D eigenvalue weighted by atomic mass is 19.1. The number of halogens is 2. The molecular weight excluding hydrogens is 286 g/mol. The van der Waals surface area contributed by atoms with Crippen molar-refractivity contribution >= 4 is 11.9 Å². The van der Waals surface area contributed by atoms with Crippen LogP contribution in [0.5, 0.6) is 5.75 Å². The second kappa shape index (κ2) is 6.98. The summed E-state index contributed by atoms with van der Waals surface area (Å²) in [7, 11) is 0. The van der Waals surface area contributed by atoms with Crippen molar-refractivity contribution in [1.82, 2.24) is 0 Å². The minimum absolute atomic E-state index is 0.000190. The fourth-order valence-electron chi connectivity index (χ4n) is 1.92. The average molecular weight is 302 g/mol. The molecule has 0 fully saturated rings. The number of benzene rings is 2. The molecule has 2 nitrogen and oxygen atoms in total. The number of rotatable bonds is 5. The molecule has 0 radical (unpaired) electrons. The van der Waals surface area contributed by atoms with Crippen LogP contribution in [-0.4, -0.2) is 11.9 Å². The predicted octanol–water partition coefficient (Wildman–Crippen LogP) is 4.65. The SMILES string of the molecule is CC(C)Oc1ccccc1C=CC(=O)c1ccc(F)cc1F. The standard InChI is InChI=1S/C18H16F2O2/c1-12(2)22-18-6-4-3-5-13(18)7-10-17(21)15-9-8-14(19)11-16(15)20/h3-12H,1-2H3. The van der Waals surface area contributed by atoms with Crippen molar-refractivity contribution in [2.24, 2.45) is 0 Å². The lowest BCUT2D eigenvalue weighted by Gasteiger charge is -2.11. The van der Waals surface area contributed by atoms with Crippen molar-refractivity contribution in [3.8, 4) is 5.75 Å². The van der Waals surface area contributed by atoms with E-state index in [1.165, 1.54) is 6.08 Å². The summed E-state index contributed by atoms with van der Waals surface area (Å²) in [5.41, 5.74) is 0.548. The van der Waals surface area contributed by atoms with Crippen molar-refractivity contribution < 1.29 is 18.3 Å². The molecule has 0 aliphatic rings. The van der Waals surface area contributed by atoms with Crippen molar-refractivity contribution in [1.29, 1.82) is 0 Å². The summed E-state index contributed by atoms with van der Waals surface area (Å²) in [6, 6.07) is 10.1. The summed E-state index contributed by atoms with van der Waals surface area (Å²) >= 11 is 0. The third-order valence-corrected chi connectivity index (χ3v) is 2.89. The van der Waals surface area contributed by atoms with E-state index in [4.69, 9.17) is 4.74 Å². The van der Waals surface area contributed by atoms with Crippen LogP contribution in [0.2, 0.25) is 0 Å². The van der Waals surface area contributed by atoms with Gasteiger partial charge in [0.1, 0.15) is 17.4 Å². The highest BCUT2D eigenvalue weighted by Gasteiger charge is 2.10. The number of ether oxygens (including phenoxy) is 1. The monoisotopic (exact) mass is 302 g/mol. The average Bonchev–Trinajstić information content (AvgIpc) is 2.45. The number of ketones is 1. The van der Waals surface area contributed by atoms with Crippen LogP contribution in [0.1, 0.15) is 29.8 Å². The third kappa shape index (κ3) is 4.01. The summed E-state index contributed by atoms with van der Waals surface area (Å²) in [4.78, 5) is 12.0. The Labute approximate surface area is 128 Å². The summed E-state index contributed by atoms with van der Waals surface area (Å²) in [5, 5.41) is 0. The number of hydrogen-bond donors (Lipinski definition) is 0. The second-order valence-electron chi connectivity index (χ2n) is 5.03. The van der Waals surface area contributed by atoms with Crippen LogP contribution in [0.4, 0.5) is 8.78 Å². The fourth-order valence-corrected chi connectivity index (χ4v) is 1.92. The van der Waals surface area contributed by atoms with E-state index in [0.717, 1.165) is 12.1 Å². The van der Waals surface area contributed by atoms with Gasteiger partial charge in [-0.2, -0.15) is 0 Å². The Kier molecular flexibility index (Phi) is 5.04. The van der Waals surface area contributed by atoms with Crippen molar-refractivity contribution in [2.75, 3.05) is 0 Å². The van der Waals surface area contributed by atoms with Gasteiger partial charge in [0.05, 0.1) is 11.7 Å². The van der Waals surface area contributed by atoms with E-state index in [9.17, 15) is 13.6 Å². The van der Waals surface area contributed by atoms with Gasteiger partial charge in [-0.3, -0.25) is 4.79 Å². The van der Waals surface area contributed by atoms with Crippen molar-refractivity contribution in [3.63, 3.8) is 0 Å². The zero-order valence-corrected chi connectivity index (χ0v) is 12.3.